The van der Waals surface area contributed by atoms with Crippen molar-refractivity contribution >= 4 is 5.78 Å². The molecule has 1 aliphatic heterocycles. The molecule has 1 saturated carbocycles. The van der Waals surface area contributed by atoms with Gasteiger partial charge in [-0.1, -0.05) is 6.07 Å². The van der Waals surface area contributed by atoms with E-state index in [1.54, 1.807) is 7.11 Å². The van der Waals surface area contributed by atoms with Gasteiger partial charge in [0, 0.05) is 24.3 Å². The van der Waals surface area contributed by atoms with E-state index in [1.165, 1.54) is 5.56 Å². The van der Waals surface area contributed by atoms with Gasteiger partial charge in [-0.05, 0) is 30.0 Å². The van der Waals surface area contributed by atoms with Gasteiger partial charge in [0.05, 0.1) is 20.3 Å². The molecule has 106 valence electrons. The summed E-state index contributed by atoms with van der Waals surface area (Å²) in [6, 6.07) is 5.87. The standard InChI is InChI=1S/C16H18O4/c1-18-10-2-3-11-12-4-5-16(19-6-7-20-16)9-14(12)15(17)13(11)8-10/h2-3,8,12,14H,4-7,9H2,1H3/t12-,14-/m1/s1. The monoisotopic (exact) mass is 274 g/mol. The van der Waals surface area contributed by atoms with Gasteiger partial charge in [-0.25, -0.2) is 0 Å². The van der Waals surface area contributed by atoms with E-state index in [0.29, 0.717) is 25.6 Å². The number of carbonyl (C=O) groups is 1. The number of carbonyl (C=O) groups excluding carboxylic acids is 1. The van der Waals surface area contributed by atoms with Gasteiger partial charge in [0.1, 0.15) is 5.75 Å². The van der Waals surface area contributed by atoms with E-state index in [1.807, 2.05) is 18.2 Å². The molecule has 0 N–H and O–H groups in total. The molecule has 0 radical (unpaired) electrons. The number of Topliss-reactive ketones (excluding diaryl/α,β-unsaturated/α-hetero) is 1. The molecule has 0 bridgehead atoms. The highest BCUT2D eigenvalue weighted by Gasteiger charge is 2.51. The highest BCUT2D eigenvalue weighted by atomic mass is 16.7. The fourth-order valence-corrected chi connectivity index (χ4v) is 3.96. The molecule has 0 aromatic heterocycles. The summed E-state index contributed by atoms with van der Waals surface area (Å²) in [7, 11) is 1.63. The molecule has 0 amide bonds. The summed E-state index contributed by atoms with van der Waals surface area (Å²) in [5, 5.41) is 0. The summed E-state index contributed by atoms with van der Waals surface area (Å²) in [6.45, 7) is 1.29. The molecule has 2 aliphatic carbocycles. The van der Waals surface area contributed by atoms with Crippen LogP contribution in [0.2, 0.25) is 0 Å². The van der Waals surface area contributed by atoms with Gasteiger partial charge in [0.2, 0.25) is 0 Å². The van der Waals surface area contributed by atoms with Crippen molar-refractivity contribution in [2.45, 2.75) is 31.0 Å². The van der Waals surface area contributed by atoms with Crippen molar-refractivity contribution < 1.29 is 19.0 Å². The molecule has 4 nitrogen and oxygen atoms in total. The molecular weight excluding hydrogens is 256 g/mol. The van der Waals surface area contributed by atoms with Gasteiger partial charge in [0.25, 0.3) is 0 Å². The molecule has 1 heterocycles. The lowest BCUT2D eigenvalue weighted by Gasteiger charge is -2.37. The van der Waals surface area contributed by atoms with Crippen molar-refractivity contribution in [1.29, 1.82) is 0 Å². The van der Waals surface area contributed by atoms with E-state index in [0.717, 1.165) is 24.2 Å². The second-order valence-corrected chi connectivity index (χ2v) is 5.88. The van der Waals surface area contributed by atoms with E-state index in [4.69, 9.17) is 14.2 Å². The van der Waals surface area contributed by atoms with Crippen LogP contribution in [0.25, 0.3) is 0 Å². The second-order valence-electron chi connectivity index (χ2n) is 5.88. The van der Waals surface area contributed by atoms with Crippen molar-refractivity contribution in [3.8, 4) is 5.75 Å². The predicted octanol–water partition coefficient (Wildman–Crippen LogP) is 2.52. The summed E-state index contributed by atoms with van der Waals surface area (Å²) >= 11 is 0. The SMILES string of the molecule is COc1ccc2c(c1)C(=O)[C@@H]1CC3(CC[C@H]21)OCCO3. The average molecular weight is 274 g/mol. The third kappa shape index (κ3) is 1.64. The zero-order valence-electron chi connectivity index (χ0n) is 11.6. The van der Waals surface area contributed by atoms with Crippen LogP contribution in [-0.2, 0) is 9.47 Å². The Hall–Kier alpha value is -1.39. The van der Waals surface area contributed by atoms with Crippen LogP contribution in [0.4, 0.5) is 0 Å². The maximum absolute atomic E-state index is 12.7. The van der Waals surface area contributed by atoms with Crippen molar-refractivity contribution in [2.75, 3.05) is 20.3 Å². The number of hydrogen-bond donors (Lipinski definition) is 0. The van der Waals surface area contributed by atoms with Crippen LogP contribution in [0.1, 0.15) is 41.1 Å². The highest BCUT2D eigenvalue weighted by Crippen LogP contribution is 2.52. The Labute approximate surface area is 118 Å². The number of ketones is 1. The summed E-state index contributed by atoms with van der Waals surface area (Å²) in [5.41, 5.74) is 2.00. The van der Waals surface area contributed by atoms with Crippen molar-refractivity contribution in [3.63, 3.8) is 0 Å². The Kier molecular flexibility index (Phi) is 2.66. The van der Waals surface area contributed by atoms with E-state index in [2.05, 4.69) is 0 Å². The maximum atomic E-state index is 12.7. The number of ether oxygens (including phenoxy) is 3. The molecule has 1 spiro atoms. The topological polar surface area (TPSA) is 44.8 Å². The Morgan fingerprint density at radius 1 is 1.25 bits per heavy atom. The molecule has 20 heavy (non-hydrogen) atoms. The van der Waals surface area contributed by atoms with Crippen molar-refractivity contribution in [1.82, 2.24) is 0 Å². The number of hydrogen-bond acceptors (Lipinski definition) is 4. The van der Waals surface area contributed by atoms with Gasteiger partial charge in [0.15, 0.2) is 11.6 Å². The summed E-state index contributed by atoms with van der Waals surface area (Å²) in [6.07, 6.45) is 2.52. The summed E-state index contributed by atoms with van der Waals surface area (Å²) in [4.78, 5) is 12.7. The first kappa shape index (κ1) is 12.4. The van der Waals surface area contributed by atoms with E-state index in [-0.39, 0.29) is 11.7 Å². The van der Waals surface area contributed by atoms with E-state index >= 15 is 0 Å². The van der Waals surface area contributed by atoms with Gasteiger partial charge in [-0.3, -0.25) is 4.79 Å². The van der Waals surface area contributed by atoms with Crippen LogP contribution < -0.4 is 4.74 Å². The third-order valence-electron chi connectivity index (χ3n) is 4.93. The Morgan fingerprint density at radius 2 is 2.05 bits per heavy atom. The summed E-state index contributed by atoms with van der Waals surface area (Å²) < 4.78 is 16.8. The predicted molar refractivity (Wildman–Crippen MR) is 72.0 cm³/mol. The average Bonchev–Trinajstić information content (AvgIpc) is 3.04. The number of rotatable bonds is 1. The first-order valence-electron chi connectivity index (χ1n) is 7.22. The third-order valence-corrected chi connectivity index (χ3v) is 4.93. The zero-order valence-corrected chi connectivity index (χ0v) is 11.6. The van der Waals surface area contributed by atoms with E-state index < -0.39 is 5.79 Å². The van der Waals surface area contributed by atoms with Crippen molar-refractivity contribution in [3.05, 3.63) is 29.3 Å². The first-order valence-corrected chi connectivity index (χ1v) is 7.22. The Balaban J connectivity index is 1.68. The molecule has 0 unspecified atom stereocenters. The lowest BCUT2D eigenvalue weighted by Crippen LogP contribution is -2.39. The molecule has 1 aromatic rings. The molecule has 1 aromatic carbocycles. The molecule has 3 aliphatic rings. The fraction of sp³-hybridized carbons (Fsp3) is 0.562. The fourth-order valence-electron chi connectivity index (χ4n) is 3.96. The van der Waals surface area contributed by atoms with Gasteiger partial charge < -0.3 is 14.2 Å². The lowest BCUT2D eigenvalue weighted by molar-refractivity contribution is -0.185. The van der Waals surface area contributed by atoms with Crippen LogP contribution in [-0.4, -0.2) is 31.9 Å². The quantitative estimate of drug-likeness (QED) is 0.789. The number of methoxy groups -OCH3 is 1. The molecule has 2 atom stereocenters. The minimum Gasteiger partial charge on any atom is -0.497 e. The van der Waals surface area contributed by atoms with Gasteiger partial charge in [-0.2, -0.15) is 0 Å². The smallest absolute Gasteiger partial charge is 0.169 e. The normalized spacial score (nSPS) is 30.4. The van der Waals surface area contributed by atoms with Crippen LogP contribution >= 0.6 is 0 Å². The zero-order chi connectivity index (χ0) is 13.7. The largest absolute Gasteiger partial charge is 0.497 e. The molecule has 2 fully saturated rings. The summed E-state index contributed by atoms with van der Waals surface area (Å²) in [5.74, 6) is 0.801. The van der Waals surface area contributed by atoms with Gasteiger partial charge in [-0.15, -0.1) is 0 Å². The minimum atomic E-state index is -0.497. The van der Waals surface area contributed by atoms with Crippen LogP contribution in [0.3, 0.4) is 0 Å². The number of benzene rings is 1. The van der Waals surface area contributed by atoms with Crippen LogP contribution in [0.5, 0.6) is 5.75 Å². The van der Waals surface area contributed by atoms with Crippen LogP contribution in [0, 0.1) is 5.92 Å². The molecule has 1 saturated heterocycles. The second kappa shape index (κ2) is 4.30. The van der Waals surface area contributed by atoms with Crippen molar-refractivity contribution in [2.24, 2.45) is 5.92 Å². The maximum Gasteiger partial charge on any atom is 0.169 e. The lowest BCUT2D eigenvalue weighted by atomic mass is 9.76. The Bertz CT molecular complexity index is 560. The highest BCUT2D eigenvalue weighted by molar-refractivity contribution is 6.03. The molecule has 4 rings (SSSR count). The number of fused-ring (bicyclic) bond motifs is 3. The Morgan fingerprint density at radius 3 is 2.80 bits per heavy atom. The molecular formula is C16H18O4. The van der Waals surface area contributed by atoms with E-state index in [9.17, 15) is 4.79 Å². The first-order chi connectivity index (χ1) is 9.72. The molecule has 4 heteroatoms. The minimum absolute atomic E-state index is 0.00366. The van der Waals surface area contributed by atoms with Gasteiger partial charge >= 0.3 is 0 Å². The van der Waals surface area contributed by atoms with Crippen LogP contribution in [0.15, 0.2) is 18.2 Å².